The van der Waals surface area contributed by atoms with E-state index in [1.165, 1.54) is 0 Å². The standard InChI is InChI=1S/C21H25N5O4/c27-16-5-4-15(19(28)24-16)26-11-13-3-1-2-12(17(13)21(26)30)10-25-7-6-23-20(29)18(25)14-8-22-9-14/h1-3,14-15,18,22H,4-11H2,(H,23,29)(H,24,27,28). The third-order valence-electron chi connectivity index (χ3n) is 6.63. The van der Waals surface area contributed by atoms with Gasteiger partial charge in [0.1, 0.15) is 6.04 Å². The Hall–Kier alpha value is -2.78. The molecule has 0 aliphatic carbocycles. The second-order valence-electron chi connectivity index (χ2n) is 8.48. The van der Waals surface area contributed by atoms with Gasteiger partial charge >= 0.3 is 0 Å². The fourth-order valence-corrected chi connectivity index (χ4v) is 5.00. The van der Waals surface area contributed by atoms with Crippen LogP contribution in [-0.2, 0) is 27.5 Å². The van der Waals surface area contributed by atoms with Crippen LogP contribution in [0, 0.1) is 5.92 Å². The lowest BCUT2D eigenvalue weighted by Crippen LogP contribution is -2.64. The van der Waals surface area contributed by atoms with Gasteiger partial charge in [-0.2, -0.15) is 0 Å². The summed E-state index contributed by atoms with van der Waals surface area (Å²) in [5.41, 5.74) is 2.42. The predicted molar refractivity (Wildman–Crippen MR) is 106 cm³/mol. The molecule has 0 aromatic heterocycles. The summed E-state index contributed by atoms with van der Waals surface area (Å²) in [6, 6.07) is 4.97. The number of nitrogens with one attached hydrogen (secondary N) is 3. The van der Waals surface area contributed by atoms with E-state index in [4.69, 9.17) is 0 Å². The molecule has 2 unspecified atom stereocenters. The number of benzene rings is 1. The minimum Gasteiger partial charge on any atom is -0.353 e. The van der Waals surface area contributed by atoms with Crippen molar-refractivity contribution in [2.24, 2.45) is 5.92 Å². The Balaban J connectivity index is 1.39. The minimum atomic E-state index is -0.620. The third kappa shape index (κ3) is 3.18. The van der Waals surface area contributed by atoms with Crippen molar-refractivity contribution in [2.45, 2.75) is 38.0 Å². The van der Waals surface area contributed by atoms with Crippen molar-refractivity contribution in [3.63, 3.8) is 0 Å². The summed E-state index contributed by atoms with van der Waals surface area (Å²) in [4.78, 5) is 53.3. The zero-order chi connectivity index (χ0) is 20.8. The highest BCUT2D eigenvalue weighted by Gasteiger charge is 2.42. The summed E-state index contributed by atoms with van der Waals surface area (Å²) < 4.78 is 0. The van der Waals surface area contributed by atoms with Crippen molar-refractivity contribution in [3.05, 3.63) is 34.9 Å². The average molecular weight is 411 g/mol. The van der Waals surface area contributed by atoms with Gasteiger partial charge in [0, 0.05) is 57.2 Å². The van der Waals surface area contributed by atoms with E-state index in [1.807, 2.05) is 18.2 Å². The first-order valence-corrected chi connectivity index (χ1v) is 10.5. The Morgan fingerprint density at radius 2 is 1.90 bits per heavy atom. The molecule has 0 saturated carbocycles. The number of hydrogen-bond donors (Lipinski definition) is 3. The summed E-state index contributed by atoms with van der Waals surface area (Å²) in [6.45, 7) is 3.87. The summed E-state index contributed by atoms with van der Waals surface area (Å²) in [5, 5.41) is 8.53. The van der Waals surface area contributed by atoms with Crippen molar-refractivity contribution in [2.75, 3.05) is 26.2 Å². The topological polar surface area (TPSA) is 111 Å². The fraction of sp³-hybridized carbons (Fsp3) is 0.524. The molecule has 0 bridgehead atoms. The Morgan fingerprint density at radius 1 is 1.07 bits per heavy atom. The van der Waals surface area contributed by atoms with Crippen molar-refractivity contribution >= 4 is 23.6 Å². The maximum atomic E-state index is 13.3. The van der Waals surface area contributed by atoms with E-state index < -0.39 is 11.9 Å². The molecular formula is C21H25N5O4. The SMILES string of the molecule is O=C1CCC(N2Cc3cccc(CN4CCNC(=O)C4C4CNC4)c3C2=O)C(=O)N1. The molecule has 0 spiro atoms. The molecule has 4 amide bonds. The monoisotopic (exact) mass is 411 g/mol. The van der Waals surface area contributed by atoms with E-state index in [-0.39, 0.29) is 36.1 Å². The first-order valence-electron chi connectivity index (χ1n) is 10.5. The molecule has 3 fully saturated rings. The van der Waals surface area contributed by atoms with Crippen LogP contribution in [-0.4, -0.2) is 71.7 Å². The highest BCUT2D eigenvalue weighted by atomic mass is 16.2. The molecule has 5 rings (SSSR count). The molecule has 1 aromatic rings. The molecule has 30 heavy (non-hydrogen) atoms. The van der Waals surface area contributed by atoms with Crippen molar-refractivity contribution in [1.82, 2.24) is 25.8 Å². The van der Waals surface area contributed by atoms with Crippen LogP contribution in [0.4, 0.5) is 0 Å². The summed E-state index contributed by atoms with van der Waals surface area (Å²) in [6.07, 6.45) is 0.589. The Kier molecular flexibility index (Phi) is 4.79. The molecule has 4 heterocycles. The molecule has 4 aliphatic heterocycles. The molecule has 9 nitrogen and oxygen atoms in total. The zero-order valence-corrected chi connectivity index (χ0v) is 16.6. The van der Waals surface area contributed by atoms with Gasteiger partial charge in [0.05, 0.1) is 6.04 Å². The lowest BCUT2D eigenvalue weighted by Gasteiger charge is -2.43. The van der Waals surface area contributed by atoms with Gasteiger partial charge in [0.15, 0.2) is 0 Å². The van der Waals surface area contributed by atoms with Crippen LogP contribution in [0.5, 0.6) is 0 Å². The molecular weight excluding hydrogens is 386 g/mol. The molecule has 9 heteroatoms. The quantitative estimate of drug-likeness (QED) is 0.547. The number of piperidine rings is 1. The van der Waals surface area contributed by atoms with E-state index in [2.05, 4.69) is 20.9 Å². The Morgan fingerprint density at radius 3 is 2.63 bits per heavy atom. The van der Waals surface area contributed by atoms with Crippen LogP contribution >= 0.6 is 0 Å². The number of carbonyl (C=O) groups excluding carboxylic acids is 4. The molecule has 3 N–H and O–H groups in total. The molecule has 0 radical (unpaired) electrons. The number of carbonyl (C=O) groups is 4. The van der Waals surface area contributed by atoms with Gasteiger partial charge in [-0.05, 0) is 17.5 Å². The van der Waals surface area contributed by atoms with Crippen LogP contribution < -0.4 is 16.0 Å². The van der Waals surface area contributed by atoms with Crippen molar-refractivity contribution < 1.29 is 19.2 Å². The van der Waals surface area contributed by atoms with Gasteiger partial charge in [-0.25, -0.2) is 0 Å². The second kappa shape index (κ2) is 7.48. The van der Waals surface area contributed by atoms with E-state index in [0.29, 0.717) is 31.6 Å². The molecule has 3 saturated heterocycles. The van der Waals surface area contributed by atoms with Crippen LogP contribution in [0.1, 0.15) is 34.3 Å². The second-order valence-corrected chi connectivity index (χ2v) is 8.48. The maximum Gasteiger partial charge on any atom is 0.255 e. The average Bonchev–Trinajstić information content (AvgIpc) is 3.00. The largest absolute Gasteiger partial charge is 0.353 e. The number of imide groups is 1. The van der Waals surface area contributed by atoms with Crippen LogP contribution in [0.2, 0.25) is 0 Å². The molecule has 1 aromatic carbocycles. The zero-order valence-electron chi connectivity index (χ0n) is 16.6. The minimum absolute atomic E-state index is 0.0526. The number of hydrogen-bond acceptors (Lipinski definition) is 6. The summed E-state index contributed by atoms with van der Waals surface area (Å²) in [7, 11) is 0. The molecule has 158 valence electrons. The van der Waals surface area contributed by atoms with Crippen LogP contribution in [0.3, 0.4) is 0 Å². The lowest BCUT2D eigenvalue weighted by atomic mass is 9.90. The summed E-state index contributed by atoms with van der Waals surface area (Å²) in [5.74, 6) is -0.534. The van der Waals surface area contributed by atoms with Gasteiger partial charge < -0.3 is 15.5 Å². The first-order chi connectivity index (χ1) is 14.5. The van der Waals surface area contributed by atoms with Gasteiger partial charge in [0.25, 0.3) is 5.91 Å². The molecule has 2 atom stereocenters. The van der Waals surface area contributed by atoms with E-state index in [9.17, 15) is 19.2 Å². The number of fused-ring (bicyclic) bond motifs is 1. The predicted octanol–water partition coefficient (Wildman–Crippen LogP) is -1.03. The number of piperazine rings is 1. The maximum absolute atomic E-state index is 13.3. The molecule has 4 aliphatic rings. The lowest BCUT2D eigenvalue weighted by molar-refractivity contribution is -0.137. The Labute approximate surface area is 174 Å². The number of rotatable bonds is 4. The number of amides is 4. The normalized spacial score (nSPS) is 27.5. The van der Waals surface area contributed by atoms with Gasteiger partial charge in [-0.1, -0.05) is 18.2 Å². The van der Waals surface area contributed by atoms with Crippen LogP contribution in [0.15, 0.2) is 18.2 Å². The third-order valence-corrected chi connectivity index (χ3v) is 6.63. The van der Waals surface area contributed by atoms with Crippen molar-refractivity contribution in [1.29, 1.82) is 0 Å². The highest BCUT2D eigenvalue weighted by Crippen LogP contribution is 2.31. The van der Waals surface area contributed by atoms with Gasteiger partial charge in [0.2, 0.25) is 17.7 Å². The van der Waals surface area contributed by atoms with Gasteiger partial charge in [-0.15, -0.1) is 0 Å². The van der Waals surface area contributed by atoms with E-state index in [0.717, 1.165) is 30.8 Å². The highest BCUT2D eigenvalue weighted by molar-refractivity contribution is 6.06. The first kappa shape index (κ1) is 19.2. The van der Waals surface area contributed by atoms with E-state index >= 15 is 0 Å². The fourth-order valence-electron chi connectivity index (χ4n) is 5.00. The Bertz CT molecular complexity index is 928. The van der Waals surface area contributed by atoms with E-state index in [1.54, 1.807) is 4.90 Å². The van der Waals surface area contributed by atoms with Gasteiger partial charge in [-0.3, -0.25) is 29.4 Å². The van der Waals surface area contributed by atoms with Crippen molar-refractivity contribution in [3.8, 4) is 0 Å². The smallest absolute Gasteiger partial charge is 0.255 e. The number of nitrogens with zero attached hydrogens (tertiary/aromatic N) is 2. The van der Waals surface area contributed by atoms with Crippen LogP contribution in [0.25, 0.3) is 0 Å². The summed E-state index contributed by atoms with van der Waals surface area (Å²) >= 11 is 0.